The Labute approximate surface area is 131 Å². The minimum absolute atomic E-state index is 0.152. The van der Waals surface area contributed by atoms with Crippen LogP contribution in [-0.2, 0) is 4.79 Å². The number of hydrogen-bond donors (Lipinski definition) is 2. The highest BCUT2D eigenvalue weighted by Crippen LogP contribution is 2.15. The molecule has 2 aromatic heterocycles. The maximum Gasteiger partial charge on any atom is 0.248 e. The maximum atomic E-state index is 11.8. The van der Waals surface area contributed by atoms with E-state index in [2.05, 4.69) is 27.4 Å². The number of thiophene rings is 1. The van der Waals surface area contributed by atoms with Gasteiger partial charge >= 0.3 is 0 Å². The van der Waals surface area contributed by atoms with E-state index in [0.717, 1.165) is 16.3 Å². The third kappa shape index (κ3) is 4.87. The molecule has 21 heavy (non-hydrogen) atoms. The first-order chi connectivity index (χ1) is 10.0. The van der Waals surface area contributed by atoms with E-state index in [1.54, 1.807) is 11.3 Å². The fourth-order valence-corrected chi connectivity index (χ4v) is 2.98. The summed E-state index contributed by atoms with van der Waals surface area (Å²) in [6.45, 7) is 7.68. The Hall–Kier alpha value is -1.86. The van der Waals surface area contributed by atoms with Gasteiger partial charge in [-0.1, -0.05) is 24.4 Å². The molecule has 1 amide bonds. The first kappa shape index (κ1) is 15.5. The Morgan fingerprint density at radius 2 is 2.05 bits per heavy atom. The van der Waals surface area contributed by atoms with E-state index < -0.39 is 0 Å². The Bertz CT molecular complexity index is 620. The lowest BCUT2D eigenvalue weighted by Gasteiger charge is -2.09. The second kappa shape index (κ2) is 7.24. The van der Waals surface area contributed by atoms with Crippen LogP contribution in [0.15, 0.2) is 35.3 Å². The highest BCUT2D eigenvalue weighted by Gasteiger charge is 2.07. The number of nitrogens with zero attached hydrogens (tertiary/aromatic N) is 2. The van der Waals surface area contributed by atoms with Gasteiger partial charge < -0.3 is 0 Å². The lowest BCUT2D eigenvalue weighted by atomic mass is 10.4. The van der Waals surface area contributed by atoms with E-state index in [-0.39, 0.29) is 11.7 Å². The zero-order valence-electron chi connectivity index (χ0n) is 11.8. The third-order valence-electron chi connectivity index (χ3n) is 2.47. The molecule has 0 unspecified atom stereocenters. The number of amides is 1. The van der Waals surface area contributed by atoms with Gasteiger partial charge in [-0.05, 0) is 31.4 Å². The predicted octanol–water partition coefficient (Wildman–Crippen LogP) is 2.54. The number of nitrogens with one attached hydrogen (secondary N) is 2. The Balaban J connectivity index is 1.78. The molecule has 2 N–H and O–H groups in total. The van der Waals surface area contributed by atoms with Crippen molar-refractivity contribution in [2.75, 3.05) is 5.75 Å². The molecule has 0 aliphatic carbocycles. The molecule has 0 aliphatic heterocycles. The Kier molecular flexibility index (Phi) is 5.35. The van der Waals surface area contributed by atoms with Crippen LogP contribution in [0, 0.1) is 13.8 Å². The summed E-state index contributed by atoms with van der Waals surface area (Å²) in [6, 6.07) is 5.77. The average Bonchev–Trinajstić information content (AvgIpc) is 2.95. The van der Waals surface area contributed by atoms with Crippen molar-refractivity contribution in [3.63, 3.8) is 0 Å². The van der Waals surface area contributed by atoms with Crippen molar-refractivity contribution in [1.82, 2.24) is 20.8 Å². The number of carbonyl (C=O) groups excluding carboxylic acids is 1. The van der Waals surface area contributed by atoms with Crippen molar-refractivity contribution in [2.24, 2.45) is 0 Å². The van der Waals surface area contributed by atoms with Gasteiger partial charge in [-0.2, -0.15) is 0 Å². The van der Waals surface area contributed by atoms with E-state index in [1.165, 1.54) is 11.8 Å². The molecule has 110 valence electrons. The van der Waals surface area contributed by atoms with E-state index in [1.807, 2.05) is 37.4 Å². The zero-order valence-corrected chi connectivity index (χ0v) is 13.5. The number of thioether (sulfide) groups is 1. The van der Waals surface area contributed by atoms with Crippen molar-refractivity contribution in [3.8, 4) is 0 Å². The number of rotatable bonds is 6. The standard InChI is InChI=1S/C14H16N4OS2/c1-9-7-10(2)16-14(15-9)21-8-13(19)18-17-11(3)12-5-4-6-20-12/h4-7,17H,3,8H2,1-2H3,(H,18,19). The van der Waals surface area contributed by atoms with Crippen LogP contribution in [0.5, 0.6) is 0 Å². The molecular formula is C14H16N4OS2. The molecule has 0 bridgehead atoms. The number of aryl methyl sites for hydroxylation is 2. The van der Waals surface area contributed by atoms with E-state index in [9.17, 15) is 4.79 Å². The van der Waals surface area contributed by atoms with Gasteiger partial charge in [-0.3, -0.25) is 15.6 Å². The Morgan fingerprint density at radius 3 is 2.67 bits per heavy atom. The summed E-state index contributed by atoms with van der Waals surface area (Å²) >= 11 is 2.86. The fourth-order valence-electron chi connectivity index (χ4n) is 1.58. The van der Waals surface area contributed by atoms with Gasteiger partial charge in [-0.15, -0.1) is 11.3 Å². The molecule has 0 atom stereocenters. The summed E-state index contributed by atoms with van der Waals surface area (Å²) in [5.41, 5.74) is 7.89. The van der Waals surface area contributed by atoms with E-state index in [0.29, 0.717) is 10.9 Å². The summed E-state index contributed by atoms with van der Waals surface area (Å²) in [7, 11) is 0. The zero-order chi connectivity index (χ0) is 15.2. The van der Waals surface area contributed by atoms with Crippen molar-refractivity contribution in [1.29, 1.82) is 0 Å². The van der Waals surface area contributed by atoms with Gasteiger partial charge in [0.25, 0.3) is 0 Å². The van der Waals surface area contributed by atoms with Crippen molar-refractivity contribution in [3.05, 3.63) is 46.4 Å². The van der Waals surface area contributed by atoms with Crippen LogP contribution in [0.25, 0.3) is 5.70 Å². The first-order valence-corrected chi connectivity index (χ1v) is 8.14. The molecule has 0 saturated heterocycles. The number of aromatic nitrogens is 2. The molecule has 0 fully saturated rings. The third-order valence-corrected chi connectivity index (χ3v) is 4.24. The highest BCUT2D eigenvalue weighted by molar-refractivity contribution is 7.99. The molecule has 2 rings (SSSR count). The largest absolute Gasteiger partial charge is 0.298 e. The quantitative estimate of drug-likeness (QED) is 0.486. The van der Waals surface area contributed by atoms with Gasteiger partial charge in [0.1, 0.15) is 0 Å². The van der Waals surface area contributed by atoms with Gasteiger partial charge in [0, 0.05) is 11.4 Å². The fraction of sp³-hybridized carbons (Fsp3) is 0.214. The van der Waals surface area contributed by atoms with Crippen LogP contribution < -0.4 is 10.9 Å². The number of hydrogen-bond acceptors (Lipinski definition) is 6. The second-order valence-corrected chi connectivity index (χ2v) is 6.24. The highest BCUT2D eigenvalue weighted by atomic mass is 32.2. The van der Waals surface area contributed by atoms with Crippen LogP contribution in [0.4, 0.5) is 0 Å². The number of hydrazine groups is 1. The van der Waals surface area contributed by atoms with Crippen molar-refractivity contribution < 1.29 is 4.79 Å². The molecular weight excluding hydrogens is 304 g/mol. The van der Waals surface area contributed by atoms with Crippen molar-refractivity contribution >= 4 is 34.7 Å². The van der Waals surface area contributed by atoms with Crippen LogP contribution in [0.3, 0.4) is 0 Å². The van der Waals surface area contributed by atoms with E-state index >= 15 is 0 Å². The molecule has 0 aromatic carbocycles. The lowest BCUT2D eigenvalue weighted by molar-refractivity contribution is -0.119. The van der Waals surface area contributed by atoms with Crippen LogP contribution >= 0.6 is 23.1 Å². The molecule has 5 nitrogen and oxygen atoms in total. The normalized spacial score (nSPS) is 10.2. The first-order valence-electron chi connectivity index (χ1n) is 6.27. The topological polar surface area (TPSA) is 66.9 Å². The summed E-state index contributed by atoms with van der Waals surface area (Å²) in [5, 5.41) is 2.57. The SMILES string of the molecule is C=C(NNC(=O)CSc1nc(C)cc(C)n1)c1cccs1. The molecule has 0 radical (unpaired) electrons. The van der Waals surface area contributed by atoms with Gasteiger partial charge in [0.15, 0.2) is 5.16 Å². The van der Waals surface area contributed by atoms with Crippen LogP contribution in [0.1, 0.15) is 16.3 Å². The monoisotopic (exact) mass is 320 g/mol. The molecule has 0 spiro atoms. The molecule has 0 aliphatic rings. The minimum Gasteiger partial charge on any atom is -0.298 e. The summed E-state index contributed by atoms with van der Waals surface area (Å²) in [5.74, 6) is 0.0913. The molecule has 2 aromatic rings. The van der Waals surface area contributed by atoms with Crippen LogP contribution in [0.2, 0.25) is 0 Å². The van der Waals surface area contributed by atoms with Crippen LogP contribution in [-0.4, -0.2) is 21.6 Å². The smallest absolute Gasteiger partial charge is 0.248 e. The maximum absolute atomic E-state index is 11.8. The molecule has 7 heteroatoms. The summed E-state index contributed by atoms with van der Waals surface area (Å²) < 4.78 is 0. The van der Waals surface area contributed by atoms with Gasteiger partial charge in [0.05, 0.1) is 16.3 Å². The number of carbonyl (C=O) groups is 1. The van der Waals surface area contributed by atoms with E-state index in [4.69, 9.17) is 0 Å². The summed E-state index contributed by atoms with van der Waals surface area (Å²) in [6.07, 6.45) is 0. The average molecular weight is 320 g/mol. The molecule has 2 heterocycles. The minimum atomic E-state index is -0.152. The molecule has 0 saturated carbocycles. The predicted molar refractivity (Wildman–Crippen MR) is 86.9 cm³/mol. The van der Waals surface area contributed by atoms with Gasteiger partial charge in [0.2, 0.25) is 5.91 Å². The van der Waals surface area contributed by atoms with Crippen molar-refractivity contribution in [2.45, 2.75) is 19.0 Å². The van der Waals surface area contributed by atoms with Gasteiger partial charge in [-0.25, -0.2) is 9.97 Å². The lowest BCUT2D eigenvalue weighted by Crippen LogP contribution is -2.36. The summed E-state index contributed by atoms with van der Waals surface area (Å²) in [4.78, 5) is 21.3. The second-order valence-electron chi connectivity index (χ2n) is 4.35. The Morgan fingerprint density at radius 1 is 1.33 bits per heavy atom.